The van der Waals surface area contributed by atoms with Crippen LogP contribution in [0.2, 0.25) is 0 Å². The van der Waals surface area contributed by atoms with Crippen LogP contribution in [-0.2, 0) is 9.59 Å². The van der Waals surface area contributed by atoms with Gasteiger partial charge in [0.05, 0.1) is 21.2 Å². The fourth-order valence-electron chi connectivity index (χ4n) is 2.50. The van der Waals surface area contributed by atoms with Gasteiger partial charge < -0.3 is 16.4 Å². The zero-order valence-electron chi connectivity index (χ0n) is 12.7. The minimum Gasteiger partial charge on any atom is -0.366 e. The first kappa shape index (κ1) is 15.8. The molecular weight excluding hydrogens is 358 g/mol. The molecule has 124 valence electrons. The van der Waals surface area contributed by atoms with Crippen molar-refractivity contribution in [3.63, 3.8) is 0 Å². The highest BCUT2D eigenvalue weighted by molar-refractivity contribution is 8.08. The number of primary amides is 1. The maximum absolute atomic E-state index is 12.5. The molecule has 25 heavy (non-hydrogen) atoms. The summed E-state index contributed by atoms with van der Waals surface area (Å²) in [5.41, 5.74) is 6.82. The molecular formula is C17H11N3O3S2. The van der Waals surface area contributed by atoms with Gasteiger partial charge >= 0.3 is 0 Å². The molecule has 0 unspecified atom stereocenters. The molecule has 4 N–H and O–H groups in total. The van der Waals surface area contributed by atoms with Crippen molar-refractivity contribution in [3.8, 4) is 0 Å². The summed E-state index contributed by atoms with van der Waals surface area (Å²) >= 11 is 2.47. The smallest absolute Gasteiger partial charge is 0.263 e. The van der Waals surface area contributed by atoms with E-state index in [9.17, 15) is 14.4 Å². The lowest BCUT2D eigenvalue weighted by atomic mass is 10.2. The van der Waals surface area contributed by atoms with Crippen LogP contribution in [0.5, 0.6) is 0 Å². The number of carbonyl (C=O) groups is 3. The summed E-state index contributed by atoms with van der Waals surface area (Å²) in [5.74, 6) is -1.25. The van der Waals surface area contributed by atoms with Gasteiger partial charge in [0.25, 0.3) is 11.8 Å². The molecule has 2 aliphatic rings. The number of fused-ring (bicyclic) bond motifs is 2. The topological polar surface area (TPSA) is 101 Å². The largest absolute Gasteiger partial charge is 0.366 e. The van der Waals surface area contributed by atoms with Gasteiger partial charge in [0.2, 0.25) is 5.91 Å². The number of amides is 3. The highest BCUT2D eigenvalue weighted by Gasteiger charge is 2.31. The Kier molecular flexibility index (Phi) is 3.78. The predicted octanol–water partition coefficient (Wildman–Crippen LogP) is 2.79. The van der Waals surface area contributed by atoms with Crippen LogP contribution in [0.1, 0.15) is 10.4 Å². The molecule has 0 spiro atoms. The van der Waals surface area contributed by atoms with Gasteiger partial charge in [0, 0.05) is 15.4 Å². The number of hydrogen-bond donors (Lipinski definition) is 3. The zero-order chi connectivity index (χ0) is 17.6. The van der Waals surface area contributed by atoms with Gasteiger partial charge in [-0.25, -0.2) is 0 Å². The molecule has 0 saturated carbocycles. The van der Waals surface area contributed by atoms with Gasteiger partial charge in [0.1, 0.15) is 0 Å². The van der Waals surface area contributed by atoms with Crippen LogP contribution in [0.25, 0.3) is 0 Å². The summed E-state index contributed by atoms with van der Waals surface area (Å²) in [4.78, 5) is 38.5. The molecule has 4 rings (SSSR count). The third-order valence-electron chi connectivity index (χ3n) is 3.69. The summed E-state index contributed by atoms with van der Waals surface area (Å²) in [5, 5.41) is 5.53. The van der Waals surface area contributed by atoms with E-state index >= 15 is 0 Å². The van der Waals surface area contributed by atoms with E-state index in [-0.39, 0.29) is 11.8 Å². The number of hydrogen-bond acceptors (Lipinski definition) is 5. The quantitative estimate of drug-likeness (QED) is 0.671. The lowest BCUT2D eigenvalue weighted by Gasteiger charge is -2.24. The van der Waals surface area contributed by atoms with Gasteiger partial charge in [-0.05, 0) is 30.3 Å². The summed E-state index contributed by atoms with van der Waals surface area (Å²) in [6.07, 6.45) is 0. The molecule has 2 aliphatic heterocycles. The van der Waals surface area contributed by atoms with Crippen molar-refractivity contribution < 1.29 is 14.4 Å². The van der Waals surface area contributed by atoms with Crippen molar-refractivity contribution in [2.24, 2.45) is 5.73 Å². The van der Waals surface area contributed by atoms with Crippen LogP contribution in [-0.4, -0.2) is 17.7 Å². The molecule has 0 atom stereocenters. The molecule has 6 nitrogen and oxygen atoms in total. The third-order valence-corrected chi connectivity index (χ3v) is 6.16. The Morgan fingerprint density at radius 3 is 2.12 bits per heavy atom. The number of rotatable bonds is 1. The highest BCUT2D eigenvalue weighted by Crippen LogP contribution is 2.46. The normalized spacial score (nSPS) is 18.7. The average molecular weight is 369 g/mol. The molecule has 0 bridgehead atoms. The maximum atomic E-state index is 12.5. The Labute approximate surface area is 151 Å². The molecule has 2 aromatic carbocycles. The monoisotopic (exact) mass is 369 g/mol. The van der Waals surface area contributed by atoms with Crippen molar-refractivity contribution >= 4 is 52.6 Å². The minimum absolute atomic E-state index is 0.307. The second-order valence-corrected chi connectivity index (χ2v) is 7.45. The molecule has 0 saturated heterocycles. The number of nitrogens with one attached hydrogen (secondary N) is 2. The Bertz CT molecular complexity index is 985. The third kappa shape index (κ3) is 2.79. The lowest BCUT2D eigenvalue weighted by Crippen LogP contribution is -2.25. The van der Waals surface area contributed by atoms with Gasteiger partial charge in [-0.3, -0.25) is 14.4 Å². The molecule has 2 heterocycles. The van der Waals surface area contributed by atoms with Gasteiger partial charge in [-0.1, -0.05) is 35.7 Å². The second kappa shape index (κ2) is 5.98. The minimum atomic E-state index is -0.565. The van der Waals surface area contributed by atoms with E-state index in [0.29, 0.717) is 21.1 Å². The second-order valence-electron chi connectivity index (χ2n) is 5.34. The zero-order valence-corrected chi connectivity index (χ0v) is 14.3. The Morgan fingerprint density at radius 1 is 0.840 bits per heavy atom. The Hall–Kier alpha value is -2.71. The maximum Gasteiger partial charge on any atom is 0.263 e. The molecule has 2 aromatic rings. The fraction of sp³-hybridized carbons (Fsp3) is 0. The lowest BCUT2D eigenvalue weighted by molar-refractivity contribution is -0.114. The van der Waals surface area contributed by atoms with Crippen LogP contribution in [0, 0.1) is 0 Å². The van der Waals surface area contributed by atoms with E-state index in [2.05, 4.69) is 10.6 Å². The number of anilines is 2. The number of carbonyl (C=O) groups excluding carboxylic acids is 3. The van der Waals surface area contributed by atoms with Crippen molar-refractivity contribution in [2.75, 3.05) is 10.6 Å². The van der Waals surface area contributed by atoms with Crippen LogP contribution in [0.3, 0.4) is 0 Å². The van der Waals surface area contributed by atoms with Crippen molar-refractivity contribution in [2.45, 2.75) is 9.79 Å². The molecule has 8 heteroatoms. The first-order valence-electron chi connectivity index (χ1n) is 7.28. The molecule has 0 aliphatic carbocycles. The van der Waals surface area contributed by atoms with Gasteiger partial charge in [-0.2, -0.15) is 0 Å². The van der Waals surface area contributed by atoms with Crippen LogP contribution in [0.4, 0.5) is 11.4 Å². The van der Waals surface area contributed by atoms with E-state index in [1.165, 1.54) is 29.6 Å². The van der Waals surface area contributed by atoms with Gasteiger partial charge in [0.15, 0.2) is 0 Å². The average Bonchev–Trinajstić information content (AvgIpc) is 2.60. The SMILES string of the molecule is NC(=O)c1ccc2c(c1)NC(=O)/C(=C1/Sc3ccccc3NC1=O)S2. The van der Waals surface area contributed by atoms with Crippen LogP contribution >= 0.6 is 23.5 Å². The standard InChI is InChI=1S/C17H11N3O3S2/c18-15(21)8-5-6-12-10(7-8)20-17(23)14(25-12)13-16(22)19-9-3-1-2-4-11(9)24-13/h1-7H,(H2,18,21)(H,19,22)(H,20,23)/b14-13-. The predicted molar refractivity (Wildman–Crippen MR) is 97.4 cm³/mol. The van der Waals surface area contributed by atoms with E-state index in [0.717, 1.165) is 15.5 Å². The molecule has 0 fully saturated rings. The van der Waals surface area contributed by atoms with Crippen LogP contribution in [0.15, 0.2) is 62.1 Å². The number of nitrogens with two attached hydrogens (primary N) is 1. The summed E-state index contributed by atoms with van der Waals surface area (Å²) < 4.78 is 0. The van der Waals surface area contributed by atoms with Crippen molar-refractivity contribution in [1.82, 2.24) is 0 Å². The molecule has 3 amide bonds. The number of benzene rings is 2. The Morgan fingerprint density at radius 2 is 1.44 bits per heavy atom. The van der Waals surface area contributed by atoms with Crippen molar-refractivity contribution in [3.05, 3.63) is 57.8 Å². The first-order chi connectivity index (χ1) is 12.0. The number of thioether (sulfide) groups is 2. The van der Waals surface area contributed by atoms with Gasteiger partial charge in [-0.15, -0.1) is 0 Å². The van der Waals surface area contributed by atoms with Crippen molar-refractivity contribution in [1.29, 1.82) is 0 Å². The fourth-order valence-corrected chi connectivity index (χ4v) is 4.58. The van der Waals surface area contributed by atoms with E-state index < -0.39 is 5.91 Å². The highest BCUT2D eigenvalue weighted by atomic mass is 32.2. The molecule has 0 radical (unpaired) electrons. The number of para-hydroxylation sites is 1. The summed E-state index contributed by atoms with van der Waals surface area (Å²) in [6.45, 7) is 0. The van der Waals surface area contributed by atoms with E-state index in [1.807, 2.05) is 24.3 Å². The van der Waals surface area contributed by atoms with E-state index in [4.69, 9.17) is 5.73 Å². The van der Waals surface area contributed by atoms with Crippen LogP contribution < -0.4 is 16.4 Å². The molecule has 0 aromatic heterocycles. The van der Waals surface area contributed by atoms with E-state index in [1.54, 1.807) is 12.1 Å². The summed E-state index contributed by atoms with van der Waals surface area (Å²) in [7, 11) is 0. The Balaban J connectivity index is 1.74. The summed E-state index contributed by atoms with van der Waals surface area (Å²) in [6, 6.07) is 12.3. The first-order valence-corrected chi connectivity index (χ1v) is 8.92.